The highest BCUT2D eigenvalue weighted by Gasteiger charge is 2.25. The van der Waals surface area contributed by atoms with Crippen LogP contribution < -0.4 is 4.74 Å². The Balaban J connectivity index is 1.66. The molecule has 0 atom stereocenters. The van der Waals surface area contributed by atoms with Gasteiger partial charge in [-0.15, -0.1) is 0 Å². The standard InChI is InChI=1S/C21H24N2O3/c1-16-5-3-4-6-19(16)21(25)22-12-11-20(24)23(14-13-22)15-17-7-9-18(26-2)10-8-17/h3-10H,11-15H2,1-2H3. The molecule has 1 heterocycles. The van der Waals surface area contributed by atoms with Gasteiger partial charge in [0.15, 0.2) is 0 Å². The Morgan fingerprint density at radius 1 is 1.04 bits per heavy atom. The molecule has 0 radical (unpaired) electrons. The van der Waals surface area contributed by atoms with E-state index in [1.165, 1.54) is 0 Å². The van der Waals surface area contributed by atoms with Crippen LogP contribution >= 0.6 is 0 Å². The molecule has 1 aliphatic heterocycles. The number of benzene rings is 2. The van der Waals surface area contributed by atoms with Crippen LogP contribution in [0.1, 0.15) is 27.9 Å². The molecule has 1 aliphatic rings. The van der Waals surface area contributed by atoms with E-state index in [1.54, 1.807) is 12.0 Å². The molecule has 0 aromatic heterocycles. The SMILES string of the molecule is COc1ccc(CN2CCN(C(=O)c3ccccc3C)CCC2=O)cc1. The lowest BCUT2D eigenvalue weighted by Gasteiger charge is -2.23. The second-order valence-electron chi connectivity index (χ2n) is 6.52. The fourth-order valence-corrected chi connectivity index (χ4v) is 3.17. The van der Waals surface area contributed by atoms with Gasteiger partial charge in [-0.05, 0) is 36.2 Å². The van der Waals surface area contributed by atoms with Crippen molar-refractivity contribution in [3.8, 4) is 5.75 Å². The van der Waals surface area contributed by atoms with Gasteiger partial charge < -0.3 is 14.5 Å². The van der Waals surface area contributed by atoms with Crippen LogP contribution in [0.2, 0.25) is 0 Å². The van der Waals surface area contributed by atoms with Gasteiger partial charge in [-0.1, -0.05) is 30.3 Å². The van der Waals surface area contributed by atoms with Crippen molar-refractivity contribution in [2.24, 2.45) is 0 Å². The molecule has 2 aromatic rings. The summed E-state index contributed by atoms with van der Waals surface area (Å²) in [5.41, 5.74) is 2.73. The number of nitrogens with zero attached hydrogens (tertiary/aromatic N) is 2. The second-order valence-corrected chi connectivity index (χ2v) is 6.52. The number of hydrogen-bond donors (Lipinski definition) is 0. The minimum absolute atomic E-state index is 0.00203. The van der Waals surface area contributed by atoms with E-state index in [4.69, 9.17) is 4.74 Å². The molecule has 0 N–H and O–H groups in total. The molecule has 1 saturated heterocycles. The van der Waals surface area contributed by atoms with Crippen molar-refractivity contribution in [3.05, 3.63) is 65.2 Å². The molecule has 0 aliphatic carbocycles. The Hall–Kier alpha value is -2.82. The van der Waals surface area contributed by atoms with E-state index in [0.717, 1.165) is 16.9 Å². The maximum absolute atomic E-state index is 12.8. The van der Waals surface area contributed by atoms with Crippen LogP contribution in [0.25, 0.3) is 0 Å². The summed E-state index contributed by atoms with van der Waals surface area (Å²) in [4.78, 5) is 28.9. The average Bonchev–Trinajstić information content (AvgIpc) is 2.84. The third-order valence-corrected chi connectivity index (χ3v) is 4.78. The van der Waals surface area contributed by atoms with E-state index < -0.39 is 0 Å². The van der Waals surface area contributed by atoms with Gasteiger partial charge >= 0.3 is 0 Å². The summed E-state index contributed by atoms with van der Waals surface area (Å²) >= 11 is 0. The Labute approximate surface area is 154 Å². The van der Waals surface area contributed by atoms with Crippen LogP contribution in [-0.4, -0.2) is 48.4 Å². The zero-order valence-electron chi connectivity index (χ0n) is 15.3. The van der Waals surface area contributed by atoms with E-state index in [0.29, 0.717) is 38.2 Å². The lowest BCUT2D eigenvalue weighted by atomic mass is 10.1. The highest BCUT2D eigenvalue weighted by molar-refractivity contribution is 5.96. The second kappa shape index (κ2) is 8.04. The number of amides is 2. The molecule has 3 rings (SSSR count). The van der Waals surface area contributed by atoms with E-state index in [9.17, 15) is 9.59 Å². The molecule has 1 fully saturated rings. The van der Waals surface area contributed by atoms with Crippen LogP contribution in [0.4, 0.5) is 0 Å². The van der Waals surface area contributed by atoms with Gasteiger partial charge in [-0.3, -0.25) is 9.59 Å². The molecule has 5 nitrogen and oxygen atoms in total. The fourth-order valence-electron chi connectivity index (χ4n) is 3.17. The van der Waals surface area contributed by atoms with E-state index in [2.05, 4.69) is 0 Å². The number of aryl methyl sites for hydroxylation is 1. The number of ether oxygens (including phenoxy) is 1. The summed E-state index contributed by atoms with van der Waals surface area (Å²) in [7, 11) is 1.63. The number of rotatable bonds is 4. The van der Waals surface area contributed by atoms with Crippen molar-refractivity contribution in [3.63, 3.8) is 0 Å². The molecule has 0 spiro atoms. The molecule has 2 aromatic carbocycles. The molecule has 136 valence electrons. The monoisotopic (exact) mass is 352 g/mol. The van der Waals surface area contributed by atoms with Crippen molar-refractivity contribution in [1.82, 2.24) is 9.80 Å². The molecule has 0 bridgehead atoms. The summed E-state index contributed by atoms with van der Waals surface area (Å²) in [5.74, 6) is 0.883. The number of carbonyl (C=O) groups excluding carboxylic acids is 2. The summed E-state index contributed by atoms with van der Waals surface area (Å²) < 4.78 is 5.17. The molecular formula is C21H24N2O3. The van der Waals surface area contributed by atoms with Gasteiger partial charge in [0.1, 0.15) is 5.75 Å². The Kier molecular flexibility index (Phi) is 5.56. The van der Waals surface area contributed by atoms with Crippen LogP contribution in [0.15, 0.2) is 48.5 Å². The lowest BCUT2D eigenvalue weighted by molar-refractivity contribution is -0.130. The third kappa shape index (κ3) is 4.04. The maximum atomic E-state index is 12.8. The van der Waals surface area contributed by atoms with Crippen LogP contribution in [0.3, 0.4) is 0 Å². The minimum atomic E-state index is 0.00203. The molecule has 5 heteroatoms. The van der Waals surface area contributed by atoms with Gasteiger partial charge in [0.05, 0.1) is 7.11 Å². The van der Waals surface area contributed by atoms with Crippen LogP contribution in [-0.2, 0) is 11.3 Å². The van der Waals surface area contributed by atoms with Crippen molar-refractivity contribution in [2.45, 2.75) is 19.9 Å². The molecule has 26 heavy (non-hydrogen) atoms. The molecular weight excluding hydrogens is 328 g/mol. The summed E-state index contributed by atoms with van der Waals surface area (Å²) in [6, 6.07) is 15.3. The maximum Gasteiger partial charge on any atom is 0.254 e. The van der Waals surface area contributed by atoms with Crippen molar-refractivity contribution < 1.29 is 14.3 Å². The van der Waals surface area contributed by atoms with Crippen molar-refractivity contribution in [1.29, 1.82) is 0 Å². The number of methoxy groups -OCH3 is 1. The number of hydrogen-bond acceptors (Lipinski definition) is 3. The smallest absolute Gasteiger partial charge is 0.254 e. The van der Waals surface area contributed by atoms with Crippen molar-refractivity contribution in [2.75, 3.05) is 26.7 Å². The molecule has 0 saturated carbocycles. The Morgan fingerprint density at radius 2 is 1.77 bits per heavy atom. The zero-order chi connectivity index (χ0) is 18.5. The van der Waals surface area contributed by atoms with Gasteiger partial charge in [0.25, 0.3) is 5.91 Å². The lowest BCUT2D eigenvalue weighted by Crippen LogP contribution is -2.35. The molecule has 0 unspecified atom stereocenters. The van der Waals surface area contributed by atoms with Crippen molar-refractivity contribution >= 4 is 11.8 Å². The first-order valence-corrected chi connectivity index (χ1v) is 8.84. The number of carbonyl (C=O) groups is 2. The summed E-state index contributed by atoms with van der Waals surface area (Å²) in [5, 5.41) is 0. The first kappa shape index (κ1) is 18.0. The normalized spacial score (nSPS) is 14.9. The minimum Gasteiger partial charge on any atom is -0.497 e. The quantitative estimate of drug-likeness (QED) is 0.850. The Morgan fingerprint density at radius 3 is 2.46 bits per heavy atom. The van der Waals surface area contributed by atoms with E-state index in [1.807, 2.05) is 60.4 Å². The first-order valence-electron chi connectivity index (χ1n) is 8.84. The van der Waals surface area contributed by atoms with Gasteiger partial charge in [-0.2, -0.15) is 0 Å². The fraction of sp³-hybridized carbons (Fsp3) is 0.333. The van der Waals surface area contributed by atoms with Crippen LogP contribution in [0.5, 0.6) is 5.75 Å². The Bertz CT molecular complexity index is 786. The van der Waals surface area contributed by atoms with Gasteiger partial charge in [0.2, 0.25) is 5.91 Å². The largest absolute Gasteiger partial charge is 0.497 e. The highest BCUT2D eigenvalue weighted by Crippen LogP contribution is 2.17. The van der Waals surface area contributed by atoms with Gasteiger partial charge in [-0.25, -0.2) is 0 Å². The predicted octanol–water partition coefficient (Wildman–Crippen LogP) is 2.88. The predicted molar refractivity (Wildman–Crippen MR) is 100 cm³/mol. The summed E-state index contributed by atoms with van der Waals surface area (Å²) in [6.07, 6.45) is 0.355. The zero-order valence-corrected chi connectivity index (χ0v) is 15.3. The highest BCUT2D eigenvalue weighted by atomic mass is 16.5. The summed E-state index contributed by atoms with van der Waals surface area (Å²) in [6.45, 7) is 4.05. The van der Waals surface area contributed by atoms with Gasteiger partial charge in [0, 0.05) is 38.2 Å². The van der Waals surface area contributed by atoms with E-state index >= 15 is 0 Å². The van der Waals surface area contributed by atoms with E-state index in [-0.39, 0.29) is 11.8 Å². The molecule has 2 amide bonds. The first-order chi connectivity index (χ1) is 12.6. The topological polar surface area (TPSA) is 49.9 Å². The van der Waals surface area contributed by atoms with Crippen LogP contribution in [0, 0.1) is 6.92 Å². The third-order valence-electron chi connectivity index (χ3n) is 4.78. The average molecular weight is 352 g/mol.